The van der Waals surface area contributed by atoms with Crippen LogP contribution in [0.1, 0.15) is 70.7 Å². The molecule has 0 heterocycles. The minimum Gasteiger partial charge on any atom is -0.0683 e. The van der Waals surface area contributed by atoms with E-state index in [1.165, 1.54) is 39.0 Å². The first-order valence-corrected chi connectivity index (χ1v) is 9.02. The highest BCUT2D eigenvalue weighted by Gasteiger charge is 2.29. The lowest BCUT2D eigenvalue weighted by molar-refractivity contribution is 0.531. The molecule has 3 rings (SSSR count). The lowest BCUT2D eigenvalue weighted by Crippen LogP contribution is -2.23. The summed E-state index contributed by atoms with van der Waals surface area (Å²) in [5.41, 5.74) is 10.3. The summed E-state index contributed by atoms with van der Waals surface area (Å²) in [6.07, 6.45) is 3.47. The number of benzene rings is 2. The molecule has 0 amide bonds. The molecule has 0 fully saturated rings. The van der Waals surface area contributed by atoms with Gasteiger partial charge in [0.15, 0.2) is 0 Å². The summed E-state index contributed by atoms with van der Waals surface area (Å²) in [6, 6.07) is 13.6. The molecule has 0 radical (unpaired) electrons. The molecule has 1 aliphatic carbocycles. The first-order valence-electron chi connectivity index (χ1n) is 9.02. The van der Waals surface area contributed by atoms with Crippen LogP contribution in [0.25, 0.3) is 17.2 Å². The first kappa shape index (κ1) is 17.0. The summed E-state index contributed by atoms with van der Waals surface area (Å²) in [7, 11) is 0. The summed E-state index contributed by atoms with van der Waals surface area (Å²) in [5, 5.41) is 0. The molecule has 0 aliphatic heterocycles. The summed E-state index contributed by atoms with van der Waals surface area (Å²) < 4.78 is 0. The maximum absolute atomic E-state index is 2.38. The Kier molecular flexibility index (Phi) is 3.98. The SMILES string of the molecule is CC1=Cc2c(cccc2-c2cccc(C(C)(C)C)c2C(C)(C)C)C1. The van der Waals surface area contributed by atoms with E-state index in [0.29, 0.717) is 0 Å². The van der Waals surface area contributed by atoms with Gasteiger partial charge in [-0.25, -0.2) is 0 Å². The Hall–Kier alpha value is -1.82. The molecular formula is C24H30. The van der Waals surface area contributed by atoms with Gasteiger partial charge in [0.1, 0.15) is 0 Å². The zero-order valence-electron chi connectivity index (χ0n) is 16.2. The van der Waals surface area contributed by atoms with Crippen LogP contribution in [-0.4, -0.2) is 0 Å². The molecule has 0 saturated heterocycles. The summed E-state index contributed by atoms with van der Waals surface area (Å²) in [5.74, 6) is 0. The predicted octanol–water partition coefficient (Wildman–Crippen LogP) is 6.91. The van der Waals surface area contributed by atoms with E-state index in [4.69, 9.17) is 0 Å². The molecule has 24 heavy (non-hydrogen) atoms. The monoisotopic (exact) mass is 318 g/mol. The Morgan fingerprint density at radius 3 is 2.00 bits per heavy atom. The minimum absolute atomic E-state index is 0.110. The van der Waals surface area contributed by atoms with Gasteiger partial charge in [-0.05, 0) is 57.6 Å². The first-order chi connectivity index (χ1) is 11.1. The maximum atomic E-state index is 2.38. The standard InChI is InChI=1S/C24H30/c1-16-14-17-10-8-11-18(20(17)15-16)19-12-9-13-21(23(2,3)4)22(19)24(5,6)7/h8-13,15H,14H2,1-7H3. The van der Waals surface area contributed by atoms with E-state index >= 15 is 0 Å². The number of fused-ring (bicyclic) bond motifs is 1. The maximum Gasteiger partial charge on any atom is -0.00604 e. The van der Waals surface area contributed by atoms with E-state index in [9.17, 15) is 0 Å². The van der Waals surface area contributed by atoms with Crippen molar-refractivity contribution in [2.75, 3.05) is 0 Å². The van der Waals surface area contributed by atoms with Gasteiger partial charge in [0.2, 0.25) is 0 Å². The molecule has 2 aromatic rings. The molecule has 0 nitrogen and oxygen atoms in total. The summed E-state index contributed by atoms with van der Waals surface area (Å²) in [6.45, 7) is 16.2. The van der Waals surface area contributed by atoms with Crippen LogP contribution in [0.15, 0.2) is 42.0 Å². The molecule has 0 spiro atoms. The predicted molar refractivity (Wildman–Crippen MR) is 107 cm³/mol. The highest BCUT2D eigenvalue weighted by atomic mass is 14.3. The second-order valence-electron chi connectivity index (χ2n) is 9.27. The third kappa shape index (κ3) is 2.95. The van der Waals surface area contributed by atoms with Crippen molar-refractivity contribution in [2.24, 2.45) is 0 Å². The molecule has 2 aromatic carbocycles. The van der Waals surface area contributed by atoms with Crippen LogP contribution in [0.3, 0.4) is 0 Å². The Bertz CT molecular complexity index is 805. The highest BCUT2D eigenvalue weighted by molar-refractivity contribution is 5.83. The lowest BCUT2D eigenvalue weighted by Gasteiger charge is -2.33. The molecule has 1 aliphatic rings. The number of allylic oxidation sites excluding steroid dienone is 1. The van der Waals surface area contributed by atoms with Crippen molar-refractivity contribution in [2.45, 2.75) is 65.7 Å². The third-order valence-corrected chi connectivity index (χ3v) is 4.97. The third-order valence-electron chi connectivity index (χ3n) is 4.97. The van der Waals surface area contributed by atoms with Gasteiger partial charge in [-0.1, -0.05) is 89.6 Å². The van der Waals surface area contributed by atoms with E-state index in [1.54, 1.807) is 0 Å². The minimum atomic E-state index is 0.110. The Morgan fingerprint density at radius 2 is 1.38 bits per heavy atom. The van der Waals surface area contributed by atoms with Gasteiger partial charge in [-0.3, -0.25) is 0 Å². The molecule has 0 heteroatoms. The topological polar surface area (TPSA) is 0 Å². The zero-order valence-corrected chi connectivity index (χ0v) is 16.2. The Morgan fingerprint density at radius 1 is 0.750 bits per heavy atom. The second-order valence-corrected chi connectivity index (χ2v) is 9.27. The average Bonchev–Trinajstić information content (AvgIpc) is 2.84. The molecule has 0 N–H and O–H groups in total. The number of hydrogen-bond acceptors (Lipinski definition) is 0. The van der Waals surface area contributed by atoms with Gasteiger partial charge >= 0.3 is 0 Å². The van der Waals surface area contributed by atoms with Gasteiger partial charge in [0, 0.05) is 0 Å². The fourth-order valence-electron chi connectivity index (χ4n) is 3.98. The van der Waals surface area contributed by atoms with Gasteiger partial charge in [0.25, 0.3) is 0 Å². The van der Waals surface area contributed by atoms with E-state index in [2.05, 4.69) is 90.9 Å². The molecule has 0 unspecified atom stereocenters. The lowest BCUT2D eigenvalue weighted by atomic mass is 9.72. The molecule has 0 bridgehead atoms. The van der Waals surface area contributed by atoms with E-state index in [-0.39, 0.29) is 10.8 Å². The van der Waals surface area contributed by atoms with Gasteiger partial charge < -0.3 is 0 Å². The largest absolute Gasteiger partial charge is 0.0683 e. The normalized spacial score (nSPS) is 14.5. The van der Waals surface area contributed by atoms with Crippen LogP contribution in [0.2, 0.25) is 0 Å². The van der Waals surface area contributed by atoms with Crippen LogP contribution >= 0.6 is 0 Å². The van der Waals surface area contributed by atoms with Crippen molar-refractivity contribution < 1.29 is 0 Å². The van der Waals surface area contributed by atoms with Crippen LogP contribution in [0, 0.1) is 0 Å². The average molecular weight is 319 g/mol. The molecule has 0 saturated carbocycles. The Balaban J connectivity index is 2.34. The molecule has 126 valence electrons. The van der Waals surface area contributed by atoms with Gasteiger partial charge in [-0.15, -0.1) is 0 Å². The quantitative estimate of drug-likeness (QED) is 0.536. The fraction of sp³-hybridized carbons (Fsp3) is 0.417. The smallest absolute Gasteiger partial charge is 0.00604 e. The van der Waals surface area contributed by atoms with Crippen LogP contribution in [0.4, 0.5) is 0 Å². The van der Waals surface area contributed by atoms with Crippen molar-refractivity contribution in [1.29, 1.82) is 0 Å². The van der Waals surface area contributed by atoms with Crippen molar-refractivity contribution in [3.63, 3.8) is 0 Å². The zero-order chi connectivity index (χ0) is 17.7. The van der Waals surface area contributed by atoms with E-state index < -0.39 is 0 Å². The van der Waals surface area contributed by atoms with Gasteiger partial charge in [-0.2, -0.15) is 0 Å². The van der Waals surface area contributed by atoms with Crippen molar-refractivity contribution in [3.05, 3.63) is 64.2 Å². The number of hydrogen-bond donors (Lipinski definition) is 0. The van der Waals surface area contributed by atoms with Gasteiger partial charge in [0.05, 0.1) is 0 Å². The molecule has 0 atom stereocenters. The molecular weight excluding hydrogens is 288 g/mol. The van der Waals surface area contributed by atoms with Crippen molar-refractivity contribution >= 4 is 6.08 Å². The fourth-order valence-corrected chi connectivity index (χ4v) is 3.98. The number of rotatable bonds is 1. The van der Waals surface area contributed by atoms with E-state index in [1.807, 2.05) is 0 Å². The summed E-state index contributed by atoms with van der Waals surface area (Å²) >= 11 is 0. The Labute approximate surface area is 147 Å². The van der Waals surface area contributed by atoms with E-state index in [0.717, 1.165) is 6.42 Å². The van der Waals surface area contributed by atoms with Crippen LogP contribution < -0.4 is 0 Å². The highest BCUT2D eigenvalue weighted by Crippen LogP contribution is 2.43. The van der Waals surface area contributed by atoms with Crippen LogP contribution in [-0.2, 0) is 17.3 Å². The summed E-state index contributed by atoms with van der Waals surface area (Å²) in [4.78, 5) is 0. The van der Waals surface area contributed by atoms with Crippen molar-refractivity contribution in [3.8, 4) is 11.1 Å². The van der Waals surface area contributed by atoms with Crippen molar-refractivity contribution in [1.82, 2.24) is 0 Å². The molecule has 0 aromatic heterocycles. The second kappa shape index (κ2) is 5.62. The van der Waals surface area contributed by atoms with Crippen LogP contribution in [0.5, 0.6) is 0 Å².